The molecular weight excluding hydrogens is 605 g/mol. The number of H-pyrrole nitrogens is 1. The van der Waals surface area contributed by atoms with Gasteiger partial charge in [-0.15, -0.1) is 0 Å². The molecule has 48 heavy (non-hydrogen) atoms. The van der Waals surface area contributed by atoms with E-state index in [0.717, 1.165) is 42.0 Å². The Morgan fingerprint density at radius 2 is 2.00 bits per heavy atom. The number of carbonyl (C=O) groups is 1. The lowest BCUT2D eigenvalue weighted by molar-refractivity contribution is 0.102. The number of hydrogen-bond donors (Lipinski definition) is 3. The predicted molar refractivity (Wildman–Crippen MR) is 185 cm³/mol. The van der Waals surface area contributed by atoms with Crippen LogP contribution in [0.25, 0.3) is 5.65 Å². The Morgan fingerprint density at radius 3 is 2.73 bits per heavy atom. The van der Waals surface area contributed by atoms with Gasteiger partial charge in [-0.2, -0.15) is 10.4 Å². The molecule has 2 aromatic carbocycles. The highest BCUT2D eigenvalue weighted by atomic mass is 19.1. The molecule has 1 aliphatic rings. The number of nitriles is 1. The summed E-state index contributed by atoms with van der Waals surface area (Å²) in [5, 5.41) is 22.8. The molecule has 1 amide bonds. The van der Waals surface area contributed by atoms with Crippen molar-refractivity contribution in [2.45, 2.75) is 45.2 Å². The number of rotatable bonds is 8. The van der Waals surface area contributed by atoms with Gasteiger partial charge in [0.1, 0.15) is 11.5 Å². The summed E-state index contributed by atoms with van der Waals surface area (Å²) < 4.78 is 17.1. The fourth-order valence-corrected chi connectivity index (χ4v) is 5.90. The molecule has 1 unspecified atom stereocenters. The number of nitrogens with one attached hydrogen (secondary N) is 3. The SMILES string of the molecule is Cc1cc(F)c(C(=O)Nc2cc(CN3CCC(N(C)C)C3)cc(C(C)(C)C#N)c2)cc1C#Cc1cnc2c(Nc3cn[nH]c3)cccn12. The number of aromatic amines is 1. The van der Waals surface area contributed by atoms with E-state index in [2.05, 4.69) is 67.6 Å². The Hall–Kier alpha value is -5.49. The van der Waals surface area contributed by atoms with Crippen molar-refractivity contribution in [1.82, 2.24) is 29.4 Å². The van der Waals surface area contributed by atoms with Gasteiger partial charge in [0.25, 0.3) is 5.91 Å². The number of hydrogen-bond acceptors (Lipinski definition) is 7. The van der Waals surface area contributed by atoms with Crippen LogP contribution in [-0.2, 0) is 12.0 Å². The minimum absolute atomic E-state index is 0.116. The molecule has 0 spiro atoms. The summed E-state index contributed by atoms with van der Waals surface area (Å²) in [5.41, 5.74) is 5.41. The van der Waals surface area contributed by atoms with Crippen LogP contribution in [0.15, 0.2) is 67.3 Å². The summed E-state index contributed by atoms with van der Waals surface area (Å²) in [4.78, 5) is 22.7. The second-order valence-electron chi connectivity index (χ2n) is 13.0. The maximum Gasteiger partial charge on any atom is 0.258 e. The first-order chi connectivity index (χ1) is 23.0. The maximum atomic E-state index is 15.3. The number of anilines is 3. The number of pyridine rings is 1. The number of halogens is 1. The monoisotopic (exact) mass is 643 g/mol. The first-order valence-corrected chi connectivity index (χ1v) is 15.8. The summed E-state index contributed by atoms with van der Waals surface area (Å²) in [6, 6.07) is 15.2. The number of nitrogens with zero attached hydrogens (tertiary/aromatic N) is 6. The third kappa shape index (κ3) is 6.93. The van der Waals surface area contributed by atoms with Gasteiger partial charge in [-0.25, -0.2) is 9.37 Å². The first-order valence-electron chi connectivity index (χ1n) is 15.8. The van der Waals surface area contributed by atoms with E-state index in [0.29, 0.717) is 40.7 Å². The van der Waals surface area contributed by atoms with Gasteiger partial charge in [0.2, 0.25) is 0 Å². The molecule has 3 N–H and O–H groups in total. The van der Waals surface area contributed by atoms with E-state index in [9.17, 15) is 10.1 Å². The lowest BCUT2D eigenvalue weighted by atomic mass is 9.85. The molecular formula is C37H38FN9O. The van der Waals surface area contributed by atoms with E-state index < -0.39 is 17.1 Å². The third-order valence-electron chi connectivity index (χ3n) is 8.83. The number of aromatic nitrogens is 4. The zero-order chi connectivity index (χ0) is 34.0. The normalized spacial score (nSPS) is 14.9. The molecule has 1 fully saturated rings. The summed E-state index contributed by atoms with van der Waals surface area (Å²) in [7, 11) is 4.19. The first kappa shape index (κ1) is 32.5. The number of aryl methyl sites for hydroxylation is 1. The molecule has 0 bridgehead atoms. The number of fused-ring (bicyclic) bond motifs is 1. The van der Waals surface area contributed by atoms with Crippen molar-refractivity contribution in [3.8, 4) is 17.9 Å². The van der Waals surface area contributed by atoms with E-state index in [1.807, 2.05) is 48.7 Å². The molecule has 11 heteroatoms. The highest BCUT2D eigenvalue weighted by Gasteiger charge is 2.26. The zero-order valence-electron chi connectivity index (χ0n) is 27.7. The van der Waals surface area contributed by atoms with Crippen molar-refractivity contribution >= 4 is 28.6 Å². The minimum Gasteiger partial charge on any atom is -0.350 e. The Bertz CT molecular complexity index is 2080. The lowest BCUT2D eigenvalue weighted by Gasteiger charge is -2.23. The number of likely N-dealkylation sites (N-methyl/N-ethyl adjacent to an activating group) is 1. The van der Waals surface area contributed by atoms with Gasteiger partial charge in [-0.3, -0.25) is 19.2 Å². The predicted octanol–water partition coefficient (Wildman–Crippen LogP) is 5.84. The Labute approximate surface area is 279 Å². The minimum atomic E-state index is -0.779. The molecule has 0 aliphatic carbocycles. The van der Waals surface area contributed by atoms with E-state index in [-0.39, 0.29) is 5.56 Å². The highest BCUT2D eigenvalue weighted by Crippen LogP contribution is 2.29. The van der Waals surface area contributed by atoms with Crippen molar-refractivity contribution in [2.75, 3.05) is 37.8 Å². The second kappa shape index (κ2) is 13.3. The average Bonchev–Trinajstić information content (AvgIpc) is 3.83. The molecule has 3 aromatic heterocycles. The van der Waals surface area contributed by atoms with Crippen LogP contribution >= 0.6 is 0 Å². The van der Waals surface area contributed by atoms with Crippen molar-refractivity contribution in [3.63, 3.8) is 0 Å². The molecule has 0 saturated carbocycles. The number of amides is 1. The number of likely N-dealkylation sites (tertiary alicyclic amines) is 1. The van der Waals surface area contributed by atoms with Gasteiger partial charge in [0.05, 0.1) is 40.8 Å². The van der Waals surface area contributed by atoms with Crippen molar-refractivity contribution in [1.29, 1.82) is 5.26 Å². The number of imidazole rings is 1. The maximum absolute atomic E-state index is 15.3. The Morgan fingerprint density at radius 1 is 1.17 bits per heavy atom. The van der Waals surface area contributed by atoms with Crippen LogP contribution in [0.3, 0.4) is 0 Å². The molecule has 4 heterocycles. The Kier molecular flexibility index (Phi) is 9.01. The van der Waals surface area contributed by atoms with Crippen LogP contribution in [0.2, 0.25) is 0 Å². The van der Waals surface area contributed by atoms with Gasteiger partial charge in [0, 0.05) is 49.3 Å². The summed E-state index contributed by atoms with van der Waals surface area (Å²) in [6.45, 7) is 8.05. The third-order valence-corrected chi connectivity index (χ3v) is 8.83. The molecule has 10 nitrogen and oxygen atoms in total. The number of carbonyl (C=O) groups excluding carboxylic acids is 1. The van der Waals surface area contributed by atoms with E-state index in [4.69, 9.17) is 0 Å². The molecule has 6 rings (SSSR count). The van der Waals surface area contributed by atoms with E-state index in [1.165, 1.54) is 12.1 Å². The molecule has 0 radical (unpaired) electrons. The fraction of sp³-hybridized carbons (Fsp3) is 0.297. The second-order valence-corrected chi connectivity index (χ2v) is 13.0. The lowest BCUT2D eigenvalue weighted by Crippen LogP contribution is -2.31. The van der Waals surface area contributed by atoms with Gasteiger partial charge < -0.3 is 15.5 Å². The number of benzene rings is 2. The van der Waals surface area contributed by atoms with Gasteiger partial charge in [-0.1, -0.05) is 12.0 Å². The van der Waals surface area contributed by atoms with Crippen LogP contribution in [0.1, 0.15) is 58.6 Å². The standard InChI is InChI=1S/C37H38FN9O/c1-24-13-33(38)32(16-26(24)8-9-30-20-40-35-34(7-6-11-47(30)35)43-29-18-41-42-19-29)36(48)44-28-15-25(14-27(17-28)37(2,3)23-39)21-46-12-10-31(22-46)45(4)5/h6-7,11,13-20,31,43H,10,12,21-22H2,1-5H3,(H,41,42)(H,44,48). The molecule has 1 atom stereocenters. The molecule has 1 aliphatic heterocycles. The fourth-order valence-electron chi connectivity index (χ4n) is 5.90. The smallest absolute Gasteiger partial charge is 0.258 e. The topological polar surface area (TPSA) is 117 Å². The Balaban J connectivity index is 1.26. The van der Waals surface area contributed by atoms with Crippen molar-refractivity contribution < 1.29 is 9.18 Å². The summed E-state index contributed by atoms with van der Waals surface area (Å²) in [5.74, 6) is 5.03. The summed E-state index contributed by atoms with van der Waals surface area (Å²) >= 11 is 0. The van der Waals surface area contributed by atoms with Crippen LogP contribution in [-0.4, -0.2) is 68.5 Å². The van der Waals surface area contributed by atoms with Gasteiger partial charge >= 0.3 is 0 Å². The quantitative estimate of drug-likeness (QED) is 0.182. The highest BCUT2D eigenvalue weighted by molar-refractivity contribution is 6.05. The largest absolute Gasteiger partial charge is 0.350 e. The van der Waals surface area contributed by atoms with Crippen molar-refractivity contribution in [3.05, 3.63) is 107 Å². The van der Waals surface area contributed by atoms with Crippen molar-refractivity contribution in [2.24, 2.45) is 0 Å². The van der Waals surface area contributed by atoms with E-state index in [1.54, 1.807) is 31.6 Å². The van der Waals surface area contributed by atoms with Gasteiger partial charge in [0.15, 0.2) is 5.65 Å². The van der Waals surface area contributed by atoms with Crippen LogP contribution in [0.5, 0.6) is 0 Å². The zero-order valence-corrected chi connectivity index (χ0v) is 27.7. The molecule has 244 valence electrons. The van der Waals surface area contributed by atoms with Crippen LogP contribution in [0.4, 0.5) is 21.5 Å². The van der Waals surface area contributed by atoms with E-state index >= 15 is 4.39 Å². The van der Waals surface area contributed by atoms with Gasteiger partial charge in [-0.05, 0) is 100 Å². The average molecular weight is 644 g/mol. The molecule has 5 aromatic rings. The van der Waals surface area contributed by atoms with Crippen LogP contribution < -0.4 is 10.6 Å². The van der Waals surface area contributed by atoms with Crippen LogP contribution in [0, 0.1) is 35.9 Å². The molecule has 1 saturated heterocycles. The summed E-state index contributed by atoms with van der Waals surface area (Å²) in [6.07, 6.45) is 8.04.